The first kappa shape index (κ1) is 17.2. The van der Waals surface area contributed by atoms with E-state index < -0.39 is 10.0 Å². The summed E-state index contributed by atoms with van der Waals surface area (Å²) in [6.45, 7) is 7.60. The van der Waals surface area contributed by atoms with E-state index in [4.69, 9.17) is 0 Å². The zero-order chi connectivity index (χ0) is 15.2. The number of sulfonamides is 1. The van der Waals surface area contributed by atoms with E-state index in [9.17, 15) is 13.5 Å². The van der Waals surface area contributed by atoms with Gasteiger partial charge in [-0.15, -0.1) is 0 Å². The molecule has 6 heteroatoms. The SMILES string of the molecule is CCCN(CCC)S(=O)(=O)c1cc(CO)n(CCC)c1. The molecule has 5 nitrogen and oxygen atoms in total. The Hall–Kier alpha value is -0.850. The van der Waals surface area contributed by atoms with Crippen LogP contribution in [0.2, 0.25) is 0 Å². The van der Waals surface area contributed by atoms with E-state index in [0.717, 1.165) is 19.3 Å². The first-order valence-electron chi connectivity index (χ1n) is 7.31. The van der Waals surface area contributed by atoms with E-state index in [1.165, 1.54) is 4.31 Å². The average molecular weight is 302 g/mol. The number of rotatable bonds is 9. The minimum absolute atomic E-state index is 0.142. The van der Waals surface area contributed by atoms with Gasteiger partial charge in [-0.05, 0) is 25.3 Å². The maximum absolute atomic E-state index is 12.6. The van der Waals surface area contributed by atoms with Gasteiger partial charge < -0.3 is 9.67 Å². The van der Waals surface area contributed by atoms with Crippen molar-refractivity contribution in [1.29, 1.82) is 0 Å². The number of aliphatic hydroxyl groups excluding tert-OH is 1. The Morgan fingerprint density at radius 2 is 1.75 bits per heavy atom. The maximum atomic E-state index is 12.6. The van der Waals surface area contributed by atoms with Crippen LogP contribution in [0.3, 0.4) is 0 Å². The van der Waals surface area contributed by atoms with E-state index in [-0.39, 0.29) is 11.5 Å². The highest BCUT2D eigenvalue weighted by Gasteiger charge is 2.25. The van der Waals surface area contributed by atoms with Crippen molar-refractivity contribution in [2.24, 2.45) is 0 Å². The molecule has 0 unspecified atom stereocenters. The molecule has 0 saturated heterocycles. The minimum atomic E-state index is -3.45. The summed E-state index contributed by atoms with van der Waals surface area (Å²) in [5.41, 5.74) is 0.651. The van der Waals surface area contributed by atoms with Crippen LogP contribution in [0.1, 0.15) is 45.7 Å². The summed E-state index contributed by atoms with van der Waals surface area (Å²) in [5.74, 6) is 0. The third-order valence-electron chi connectivity index (χ3n) is 3.17. The van der Waals surface area contributed by atoms with E-state index >= 15 is 0 Å². The van der Waals surface area contributed by atoms with Gasteiger partial charge in [-0.25, -0.2) is 8.42 Å². The van der Waals surface area contributed by atoms with Crippen LogP contribution in [0.25, 0.3) is 0 Å². The minimum Gasteiger partial charge on any atom is -0.390 e. The zero-order valence-electron chi connectivity index (χ0n) is 12.7. The molecule has 0 amide bonds. The predicted molar refractivity (Wildman–Crippen MR) is 80.0 cm³/mol. The van der Waals surface area contributed by atoms with Gasteiger partial charge in [0.1, 0.15) is 4.90 Å². The molecule has 1 N–H and O–H groups in total. The van der Waals surface area contributed by atoms with E-state index in [1.807, 2.05) is 25.3 Å². The Labute approximate surface area is 122 Å². The van der Waals surface area contributed by atoms with Crippen molar-refractivity contribution in [3.8, 4) is 0 Å². The molecular weight excluding hydrogens is 276 g/mol. The van der Waals surface area contributed by atoms with Crippen molar-refractivity contribution in [1.82, 2.24) is 8.87 Å². The summed E-state index contributed by atoms with van der Waals surface area (Å²) in [7, 11) is -3.45. The van der Waals surface area contributed by atoms with Gasteiger partial charge in [0.15, 0.2) is 0 Å². The molecule has 0 atom stereocenters. The molecule has 0 bridgehead atoms. The zero-order valence-corrected chi connectivity index (χ0v) is 13.5. The Kier molecular flexibility index (Phi) is 6.71. The van der Waals surface area contributed by atoms with Crippen molar-refractivity contribution in [2.75, 3.05) is 13.1 Å². The second-order valence-corrected chi connectivity index (χ2v) is 6.86. The topological polar surface area (TPSA) is 62.5 Å². The third kappa shape index (κ3) is 3.84. The molecule has 116 valence electrons. The highest BCUT2D eigenvalue weighted by Crippen LogP contribution is 2.20. The Morgan fingerprint density at radius 3 is 2.20 bits per heavy atom. The van der Waals surface area contributed by atoms with Crippen LogP contribution in [-0.4, -0.2) is 35.5 Å². The van der Waals surface area contributed by atoms with Gasteiger partial charge in [0.05, 0.1) is 6.61 Å². The second kappa shape index (κ2) is 7.81. The Bertz CT molecular complexity index is 502. The maximum Gasteiger partial charge on any atom is 0.244 e. The van der Waals surface area contributed by atoms with Crippen molar-refractivity contribution < 1.29 is 13.5 Å². The lowest BCUT2D eigenvalue weighted by Gasteiger charge is -2.20. The number of aromatic nitrogens is 1. The molecule has 1 heterocycles. The highest BCUT2D eigenvalue weighted by molar-refractivity contribution is 7.89. The summed E-state index contributed by atoms with van der Waals surface area (Å²) in [5, 5.41) is 9.34. The van der Waals surface area contributed by atoms with Crippen LogP contribution in [-0.2, 0) is 23.2 Å². The fraction of sp³-hybridized carbons (Fsp3) is 0.714. The van der Waals surface area contributed by atoms with Crippen LogP contribution in [0.15, 0.2) is 17.2 Å². The number of nitrogens with zero attached hydrogens (tertiary/aromatic N) is 2. The van der Waals surface area contributed by atoms with E-state index in [0.29, 0.717) is 25.3 Å². The van der Waals surface area contributed by atoms with Crippen LogP contribution in [0.5, 0.6) is 0 Å². The standard InChI is InChI=1S/C14H26N2O3S/c1-4-7-15-11-14(10-13(15)12-17)20(18,19)16(8-5-2)9-6-3/h10-11,17H,4-9,12H2,1-3H3. The molecule has 20 heavy (non-hydrogen) atoms. The van der Waals surface area contributed by atoms with Gasteiger partial charge in [-0.2, -0.15) is 4.31 Å². The molecule has 1 aromatic heterocycles. The lowest BCUT2D eigenvalue weighted by molar-refractivity contribution is 0.270. The van der Waals surface area contributed by atoms with Gasteiger partial charge in [0.25, 0.3) is 0 Å². The molecule has 0 spiro atoms. The Balaban J connectivity index is 3.12. The number of aliphatic hydroxyl groups is 1. The van der Waals surface area contributed by atoms with Gasteiger partial charge in [-0.1, -0.05) is 20.8 Å². The average Bonchev–Trinajstić information content (AvgIpc) is 2.83. The molecule has 1 rings (SSSR count). The highest BCUT2D eigenvalue weighted by atomic mass is 32.2. The quantitative estimate of drug-likeness (QED) is 0.760. The first-order valence-corrected chi connectivity index (χ1v) is 8.75. The van der Waals surface area contributed by atoms with E-state index in [1.54, 1.807) is 12.3 Å². The van der Waals surface area contributed by atoms with Gasteiger partial charge >= 0.3 is 0 Å². The summed E-state index contributed by atoms with van der Waals surface area (Å²) in [4.78, 5) is 0.289. The van der Waals surface area contributed by atoms with Crippen molar-refractivity contribution in [3.63, 3.8) is 0 Å². The number of aryl methyl sites for hydroxylation is 1. The lowest BCUT2D eigenvalue weighted by Crippen LogP contribution is -2.32. The third-order valence-corrected chi connectivity index (χ3v) is 5.04. The molecule has 0 aliphatic carbocycles. The molecule has 0 aliphatic heterocycles. The normalized spacial score (nSPS) is 12.2. The number of hydrogen-bond donors (Lipinski definition) is 1. The Morgan fingerprint density at radius 1 is 1.15 bits per heavy atom. The van der Waals surface area contributed by atoms with Crippen LogP contribution in [0.4, 0.5) is 0 Å². The predicted octanol–water partition coefficient (Wildman–Crippen LogP) is 2.20. The van der Waals surface area contributed by atoms with Crippen molar-refractivity contribution >= 4 is 10.0 Å². The van der Waals surface area contributed by atoms with Crippen LogP contribution < -0.4 is 0 Å². The summed E-state index contributed by atoms with van der Waals surface area (Å²) in [6, 6.07) is 1.59. The van der Waals surface area contributed by atoms with Crippen LogP contribution in [0, 0.1) is 0 Å². The summed E-state index contributed by atoms with van der Waals surface area (Å²) < 4.78 is 28.6. The van der Waals surface area contributed by atoms with Crippen LogP contribution >= 0.6 is 0 Å². The second-order valence-electron chi connectivity index (χ2n) is 4.92. The lowest BCUT2D eigenvalue weighted by atomic mass is 10.4. The van der Waals surface area contributed by atoms with Crippen molar-refractivity contribution in [2.45, 2.75) is 58.1 Å². The van der Waals surface area contributed by atoms with Gasteiger partial charge in [0, 0.05) is 31.5 Å². The molecule has 0 radical (unpaired) electrons. The van der Waals surface area contributed by atoms with Crippen molar-refractivity contribution in [3.05, 3.63) is 18.0 Å². The van der Waals surface area contributed by atoms with E-state index in [2.05, 4.69) is 0 Å². The molecule has 0 saturated carbocycles. The number of hydrogen-bond acceptors (Lipinski definition) is 3. The molecule has 0 aliphatic rings. The van der Waals surface area contributed by atoms with Gasteiger partial charge in [0.2, 0.25) is 10.0 Å². The largest absolute Gasteiger partial charge is 0.390 e. The smallest absolute Gasteiger partial charge is 0.244 e. The first-order chi connectivity index (χ1) is 9.51. The molecule has 0 aromatic carbocycles. The molecular formula is C14H26N2O3S. The summed E-state index contributed by atoms with van der Waals surface area (Å²) >= 11 is 0. The fourth-order valence-corrected chi connectivity index (χ4v) is 3.94. The fourth-order valence-electron chi connectivity index (χ4n) is 2.25. The molecule has 1 aromatic rings. The molecule has 0 fully saturated rings. The van der Waals surface area contributed by atoms with Gasteiger partial charge in [-0.3, -0.25) is 0 Å². The monoisotopic (exact) mass is 302 g/mol. The summed E-state index contributed by atoms with van der Waals surface area (Å²) in [6.07, 6.45) is 4.13.